The van der Waals surface area contributed by atoms with Crippen LogP contribution in [0.25, 0.3) is 0 Å². The lowest BCUT2D eigenvalue weighted by molar-refractivity contribution is -0.138. The van der Waals surface area contributed by atoms with Crippen molar-refractivity contribution in [3.8, 4) is 28.7 Å². The molecule has 0 spiro atoms. The molecular formula is C40H44O17. The highest BCUT2D eigenvalue weighted by Gasteiger charge is 2.39. The van der Waals surface area contributed by atoms with E-state index in [0.29, 0.717) is 25.7 Å². The van der Waals surface area contributed by atoms with Crippen LogP contribution in [0.2, 0.25) is 0 Å². The minimum absolute atomic E-state index is 0.00200. The first-order chi connectivity index (χ1) is 27.4. The zero-order chi connectivity index (χ0) is 41.8. The first kappa shape index (κ1) is 44.6. The van der Waals surface area contributed by atoms with Gasteiger partial charge in [-0.3, -0.25) is 0 Å². The number of benzene rings is 2. The quantitative estimate of drug-likeness (QED) is 0.0465. The van der Waals surface area contributed by atoms with Gasteiger partial charge >= 0.3 is 36.2 Å². The van der Waals surface area contributed by atoms with Gasteiger partial charge in [-0.15, -0.1) is 0 Å². The minimum atomic E-state index is -1.49. The second kappa shape index (κ2) is 22.6. The van der Waals surface area contributed by atoms with Crippen LogP contribution >= 0.6 is 0 Å². The van der Waals surface area contributed by atoms with E-state index in [1.165, 1.54) is 70.7 Å². The van der Waals surface area contributed by atoms with Gasteiger partial charge in [-0.2, -0.15) is 0 Å². The van der Waals surface area contributed by atoms with Crippen LogP contribution < -0.4 is 23.7 Å². The maximum atomic E-state index is 13.5. The summed E-state index contributed by atoms with van der Waals surface area (Å²) in [7, 11) is 3.88. The number of hydrogen-bond acceptors (Lipinski definition) is 17. The highest BCUT2D eigenvalue weighted by atomic mass is 16.7. The van der Waals surface area contributed by atoms with E-state index in [1.54, 1.807) is 12.2 Å². The summed E-state index contributed by atoms with van der Waals surface area (Å²) >= 11 is 0. The van der Waals surface area contributed by atoms with Crippen molar-refractivity contribution in [2.24, 2.45) is 0 Å². The number of carbonyl (C=O) groups excluding carboxylic acids is 6. The molecule has 0 N–H and O–H groups in total. The van der Waals surface area contributed by atoms with Crippen LogP contribution in [0, 0.1) is 0 Å². The summed E-state index contributed by atoms with van der Waals surface area (Å²) in [4.78, 5) is 73.7. The normalized spacial score (nSPS) is 15.2. The summed E-state index contributed by atoms with van der Waals surface area (Å²) in [5.74, 6) is -3.07. The fourth-order valence-electron chi connectivity index (χ4n) is 4.78. The Bertz CT molecular complexity index is 1820. The van der Waals surface area contributed by atoms with Gasteiger partial charge in [0.05, 0.1) is 58.9 Å². The number of rotatable bonds is 21. The maximum absolute atomic E-state index is 13.5. The Balaban J connectivity index is 1.63. The van der Waals surface area contributed by atoms with Crippen molar-refractivity contribution < 1.29 is 80.9 Å². The first-order valence-corrected chi connectivity index (χ1v) is 17.4. The fraction of sp³-hybridized carbons (Fsp3) is 0.350. The fourth-order valence-corrected chi connectivity index (χ4v) is 4.78. The van der Waals surface area contributed by atoms with Gasteiger partial charge in [0.1, 0.15) is 0 Å². The second-order valence-corrected chi connectivity index (χ2v) is 11.8. The lowest BCUT2D eigenvalue weighted by Gasteiger charge is -2.34. The third-order valence-corrected chi connectivity index (χ3v) is 7.75. The number of hydrogen-bond donors (Lipinski definition) is 0. The highest BCUT2D eigenvalue weighted by Crippen LogP contribution is 2.40. The van der Waals surface area contributed by atoms with Crippen LogP contribution in [0.5, 0.6) is 28.7 Å². The summed E-state index contributed by atoms with van der Waals surface area (Å²) in [6, 6.07) is 6.50. The molecule has 0 saturated heterocycles. The van der Waals surface area contributed by atoms with E-state index in [0.717, 1.165) is 12.2 Å². The Morgan fingerprint density at radius 2 is 1.14 bits per heavy atom. The summed E-state index contributed by atoms with van der Waals surface area (Å²) in [6.45, 7) is 8.38. The SMILES string of the molecule is C=CC(=O)OCCCCOC(=O)Oc1ccc(C(=O)OC2(C)C=CC=CC2OC(=O)c2cc(OC)c(OC(=O)OCCCCOC(=O)C=C)c(OC)c2)cc1OC. The third-order valence-electron chi connectivity index (χ3n) is 7.75. The van der Waals surface area contributed by atoms with Gasteiger partial charge in [0.2, 0.25) is 5.75 Å². The van der Waals surface area contributed by atoms with Crippen molar-refractivity contribution >= 4 is 36.2 Å². The Labute approximate surface area is 328 Å². The molecule has 2 unspecified atom stereocenters. The molecule has 0 saturated carbocycles. The average Bonchev–Trinajstić information content (AvgIpc) is 3.20. The molecule has 0 aromatic heterocycles. The van der Waals surface area contributed by atoms with Crippen LogP contribution in [-0.4, -0.2) is 95.6 Å². The van der Waals surface area contributed by atoms with Crippen LogP contribution in [0.1, 0.15) is 53.3 Å². The average molecular weight is 797 g/mol. The van der Waals surface area contributed by atoms with Crippen molar-refractivity contribution in [1.82, 2.24) is 0 Å². The molecular weight excluding hydrogens is 752 g/mol. The van der Waals surface area contributed by atoms with Crippen LogP contribution in [0.15, 0.2) is 79.9 Å². The molecule has 0 bridgehead atoms. The monoisotopic (exact) mass is 796 g/mol. The second-order valence-electron chi connectivity index (χ2n) is 11.8. The largest absolute Gasteiger partial charge is 0.514 e. The third kappa shape index (κ3) is 13.8. The van der Waals surface area contributed by atoms with Crippen molar-refractivity contribution in [2.75, 3.05) is 47.8 Å². The molecule has 1 aliphatic carbocycles. The molecule has 2 aromatic carbocycles. The Kier molecular flexibility index (Phi) is 17.7. The summed E-state index contributed by atoms with van der Waals surface area (Å²) in [5, 5.41) is 0. The summed E-state index contributed by atoms with van der Waals surface area (Å²) in [5.41, 5.74) is -1.53. The Hall–Kier alpha value is -6.78. The molecule has 0 fully saturated rings. The molecule has 17 heteroatoms. The van der Waals surface area contributed by atoms with E-state index in [1.807, 2.05) is 0 Å². The standard InChI is InChI=1S/C40H44O17/c1-7-33(41)50-19-11-13-21-52-38(45)54-28-17-16-26(23-29(28)47-4)37(44)57-40(3)18-10-9-15-32(40)55-36(43)27-24-30(48-5)35(31(25-27)49-6)56-39(46)53-22-14-12-20-51-34(42)8-2/h7-10,15-18,23-25,32H,1-2,11-14,19-22H2,3-6H3. The molecule has 17 nitrogen and oxygen atoms in total. The number of carbonyl (C=O) groups is 6. The molecule has 0 radical (unpaired) electrons. The molecule has 0 aliphatic heterocycles. The van der Waals surface area contributed by atoms with Crippen molar-refractivity contribution in [3.05, 3.63) is 91.1 Å². The molecule has 0 heterocycles. The zero-order valence-electron chi connectivity index (χ0n) is 31.9. The summed E-state index contributed by atoms with van der Waals surface area (Å²) < 4.78 is 58.0. The number of methoxy groups -OCH3 is 3. The van der Waals surface area contributed by atoms with Gasteiger partial charge < -0.3 is 52.1 Å². The van der Waals surface area contributed by atoms with Crippen molar-refractivity contribution in [1.29, 1.82) is 0 Å². The molecule has 3 rings (SSSR count). The van der Waals surface area contributed by atoms with Gasteiger partial charge in [0.15, 0.2) is 34.7 Å². The minimum Gasteiger partial charge on any atom is -0.493 e. The van der Waals surface area contributed by atoms with Gasteiger partial charge in [-0.25, -0.2) is 28.8 Å². The van der Waals surface area contributed by atoms with Crippen LogP contribution in [0.3, 0.4) is 0 Å². The number of esters is 4. The van der Waals surface area contributed by atoms with E-state index in [2.05, 4.69) is 13.2 Å². The lowest BCUT2D eigenvalue weighted by Crippen LogP contribution is -2.44. The smallest absolute Gasteiger partial charge is 0.493 e. The van der Waals surface area contributed by atoms with Crippen molar-refractivity contribution in [3.63, 3.8) is 0 Å². The number of ether oxygens (including phenoxy) is 11. The Morgan fingerprint density at radius 1 is 0.632 bits per heavy atom. The number of unbranched alkanes of at least 4 members (excludes halogenated alkanes) is 2. The van der Waals surface area contributed by atoms with Gasteiger partial charge in [-0.05, 0) is 75.1 Å². The molecule has 0 amide bonds. The molecule has 1 aliphatic rings. The maximum Gasteiger partial charge on any atom is 0.514 e. The molecule has 2 aromatic rings. The topological polar surface area (TPSA) is 204 Å². The molecule has 2 atom stereocenters. The van der Waals surface area contributed by atoms with Crippen LogP contribution in [-0.2, 0) is 38.0 Å². The lowest BCUT2D eigenvalue weighted by atomic mass is 9.93. The number of allylic oxidation sites excluding steroid dienone is 2. The van der Waals surface area contributed by atoms with Crippen molar-refractivity contribution in [2.45, 2.75) is 44.3 Å². The predicted octanol–water partition coefficient (Wildman–Crippen LogP) is 6.03. The molecule has 57 heavy (non-hydrogen) atoms. The van der Waals surface area contributed by atoms with Crippen LogP contribution in [0.4, 0.5) is 9.59 Å². The van der Waals surface area contributed by atoms with E-state index < -0.39 is 47.9 Å². The first-order valence-electron chi connectivity index (χ1n) is 17.4. The van der Waals surface area contributed by atoms with Gasteiger partial charge in [0, 0.05) is 12.2 Å². The molecule has 306 valence electrons. The Morgan fingerprint density at radius 3 is 1.67 bits per heavy atom. The zero-order valence-corrected chi connectivity index (χ0v) is 31.9. The van der Waals surface area contributed by atoms with E-state index >= 15 is 0 Å². The van der Waals surface area contributed by atoms with E-state index in [4.69, 9.17) is 52.1 Å². The van der Waals surface area contributed by atoms with Gasteiger partial charge in [0.25, 0.3) is 0 Å². The van der Waals surface area contributed by atoms with E-state index in [9.17, 15) is 28.8 Å². The summed E-state index contributed by atoms with van der Waals surface area (Å²) in [6.07, 6.45) is 6.84. The predicted molar refractivity (Wildman–Crippen MR) is 199 cm³/mol. The van der Waals surface area contributed by atoms with Gasteiger partial charge in [-0.1, -0.05) is 25.3 Å². The highest BCUT2D eigenvalue weighted by molar-refractivity contribution is 5.92. The van der Waals surface area contributed by atoms with E-state index in [-0.39, 0.29) is 66.3 Å².